The number of aromatic nitrogens is 2. The molecule has 2 aromatic carbocycles. The molecule has 3 aromatic rings. The highest BCUT2D eigenvalue weighted by molar-refractivity contribution is 7.91. The first-order chi connectivity index (χ1) is 16.6. The lowest BCUT2D eigenvalue weighted by atomic mass is 9.97. The summed E-state index contributed by atoms with van der Waals surface area (Å²) >= 11 is 0. The van der Waals surface area contributed by atoms with Crippen LogP contribution < -0.4 is 10.6 Å². The van der Waals surface area contributed by atoms with Gasteiger partial charge in [-0.2, -0.15) is 0 Å². The van der Waals surface area contributed by atoms with Crippen LogP contribution in [0.3, 0.4) is 0 Å². The van der Waals surface area contributed by atoms with Crippen LogP contribution in [-0.4, -0.2) is 51.6 Å². The lowest BCUT2D eigenvalue weighted by Gasteiger charge is -2.26. The highest BCUT2D eigenvalue weighted by atomic mass is 32.2. The van der Waals surface area contributed by atoms with Crippen LogP contribution in [0.5, 0.6) is 0 Å². The number of anilines is 1. The number of hydrogen-bond acceptors (Lipinski definition) is 9. The molecule has 0 amide bonds. The number of benzene rings is 2. The van der Waals surface area contributed by atoms with Crippen LogP contribution >= 0.6 is 0 Å². The minimum atomic E-state index is -3.95. The second-order valence-electron chi connectivity index (χ2n) is 9.92. The van der Waals surface area contributed by atoms with Gasteiger partial charge in [0.05, 0.1) is 21.9 Å². The van der Waals surface area contributed by atoms with E-state index in [4.69, 9.17) is 10.2 Å². The van der Waals surface area contributed by atoms with Crippen LogP contribution in [0.4, 0.5) is 14.5 Å². The number of sulfone groups is 2. The van der Waals surface area contributed by atoms with E-state index >= 15 is 4.39 Å². The summed E-state index contributed by atoms with van der Waals surface area (Å²) in [5.41, 5.74) is 6.01. The van der Waals surface area contributed by atoms with Gasteiger partial charge in [-0.3, -0.25) is 0 Å². The minimum absolute atomic E-state index is 0.0146. The van der Waals surface area contributed by atoms with E-state index in [0.717, 1.165) is 24.5 Å². The molecule has 1 aromatic heterocycles. The molecule has 194 valence electrons. The van der Waals surface area contributed by atoms with Crippen LogP contribution in [0, 0.1) is 11.6 Å². The van der Waals surface area contributed by atoms with E-state index < -0.39 is 53.4 Å². The number of halogens is 2. The van der Waals surface area contributed by atoms with Gasteiger partial charge >= 0.3 is 0 Å². The Morgan fingerprint density at radius 2 is 1.83 bits per heavy atom. The molecule has 0 aliphatic carbocycles. The fourth-order valence-corrected chi connectivity index (χ4v) is 6.32. The van der Waals surface area contributed by atoms with E-state index in [-0.39, 0.29) is 41.0 Å². The largest absolute Gasteiger partial charge is 0.420 e. The summed E-state index contributed by atoms with van der Waals surface area (Å²) < 4.78 is 84.8. The molecule has 0 fully saturated rings. The second kappa shape index (κ2) is 8.89. The maximum Gasteiger partial charge on any atom is 0.250 e. The Labute approximate surface area is 208 Å². The second-order valence-corrected chi connectivity index (χ2v) is 13.9. The predicted molar refractivity (Wildman–Crippen MR) is 129 cm³/mol. The third kappa shape index (κ3) is 5.13. The van der Waals surface area contributed by atoms with Crippen LogP contribution in [0.15, 0.2) is 44.5 Å². The zero-order valence-electron chi connectivity index (χ0n) is 20.1. The lowest BCUT2D eigenvalue weighted by Crippen LogP contribution is -2.39. The molecule has 9 nitrogen and oxygen atoms in total. The van der Waals surface area contributed by atoms with Crippen molar-refractivity contribution in [2.24, 2.45) is 5.73 Å². The molecule has 0 unspecified atom stereocenters. The predicted octanol–water partition coefficient (Wildman–Crippen LogP) is 2.84. The Kier molecular flexibility index (Phi) is 6.46. The average Bonchev–Trinajstić information content (AvgIpc) is 3.19. The monoisotopic (exact) mass is 540 g/mol. The summed E-state index contributed by atoms with van der Waals surface area (Å²) in [6, 6.07) is 5.05. The standard InChI is InChI=1S/C23H26F2N4O5S2/c1-23(2,3)22-28-27-21(34-22)15-8-18-20(9-16(15)24)36(32,33)12-14(26)11-29(18)10-13-5-6-19(17(25)7-13)35(4,30)31/h5-9,14H,10-12,26H2,1-4H3/t14-/m1/s1. The van der Waals surface area contributed by atoms with Crippen molar-refractivity contribution < 1.29 is 30.0 Å². The number of fused-ring (bicyclic) bond motifs is 1. The molecular formula is C23H26F2N4O5S2. The van der Waals surface area contributed by atoms with Gasteiger partial charge in [0.2, 0.25) is 5.89 Å². The molecule has 1 aliphatic rings. The van der Waals surface area contributed by atoms with Crippen molar-refractivity contribution in [3.63, 3.8) is 0 Å². The lowest BCUT2D eigenvalue weighted by molar-refractivity contribution is 0.398. The SMILES string of the molecule is CC(C)(C)c1nnc(-c2cc3c(cc2F)S(=O)(=O)C[C@H](N)CN3Cc2ccc(S(C)(=O)=O)c(F)c2)o1. The van der Waals surface area contributed by atoms with Crippen molar-refractivity contribution in [3.05, 3.63) is 53.4 Å². The first kappa shape index (κ1) is 26.2. The Morgan fingerprint density at radius 1 is 1.14 bits per heavy atom. The third-order valence-corrected chi connectivity index (χ3v) is 8.67. The van der Waals surface area contributed by atoms with E-state index in [1.807, 2.05) is 20.8 Å². The van der Waals surface area contributed by atoms with Gasteiger partial charge in [-0.15, -0.1) is 10.2 Å². The summed E-state index contributed by atoms with van der Waals surface area (Å²) in [6.07, 6.45) is 0.901. The molecule has 0 bridgehead atoms. The van der Waals surface area contributed by atoms with Crippen molar-refractivity contribution in [1.29, 1.82) is 0 Å². The molecule has 4 rings (SSSR count). The Balaban J connectivity index is 1.83. The molecule has 0 saturated carbocycles. The van der Waals surface area contributed by atoms with Gasteiger partial charge in [-0.1, -0.05) is 26.8 Å². The van der Waals surface area contributed by atoms with E-state index in [9.17, 15) is 21.2 Å². The maximum absolute atomic E-state index is 15.2. The molecule has 1 atom stereocenters. The van der Waals surface area contributed by atoms with Gasteiger partial charge < -0.3 is 15.1 Å². The van der Waals surface area contributed by atoms with Crippen molar-refractivity contribution in [1.82, 2.24) is 10.2 Å². The van der Waals surface area contributed by atoms with Gasteiger partial charge in [0.15, 0.2) is 19.7 Å². The molecule has 0 saturated heterocycles. The van der Waals surface area contributed by atoms with E-state index in [1.165, 1.54) is 12.1 Å². The van der Waals surface area contributed by atoms with Crippen molar-refractivity contribution in [2.45, 2.75) is 48.6 Å². The average molecular weight is 541 g/mol. The molecule has 36 heavy (non-hydrogen) atoms. The smallest absolute Gasteiger partial charge is 0.250 e. The quantitative estimate of drug-likeness (QED) is 0.530. The van der Waals surface area contributed by atoms with E-state index in [1.54, 1.807) is 4.90 Å². The molecule has 2 N–H and O–H groups in total. The number of nitrogens with two attached hydrogens (primary N) is 1. The molecule has 13 heteroatoms. The molecule has 1 aliphatic heterocycles. The Hall–Kier alpha value is -2.90. The topological polar surface area (TPSA) is 136 Å². The van der Waals surface area contributed by atoms with Gasteiger partial charge in [-0.25, -0.2) is 25.6 Å². The number of rotatable bonds is 4. The third-order valence-electron chi connectivity index (χ3n) is 5.68. The van der Waals surface area contributed by atoms with Crippen molar-refractivity contribution in [2.75, 3.05) is 23.5 Å². The summed E-state index contributed by atoms with van der Waals surface area (Å²) in [6.45, 7) is 5.59. The first-order valence-electron chi connectivity index (χ1n) is 11.0. The van der Waals surface area contributed by atoms with Gasteiger partial charge in [-0.05, 0) is 29.8 Å². The van der Waals surface area contributed by atoms with Crippen molar-refractivity contribution >= 4 is 25.4 Å². The van der Waals surface area contributed by atoms with Crippen LogP contribution in [0.1, 0.15) is 32.2 Å². The Morgan fingerprint density at radius 3 is 2.42 bits per heavy atom. The summed E-state index contributed by atoms with van der Waals surface area (Å²) in [5.74, 6) is -2.04. The summed E-state index contributed by atoms with van der Waals surface area (Å²) in [4.78, 5) is 0.876. The van der Waals surface area contributed by atoms with E-state index in [0.29, 0.717) is 5.56 Å². The van der Waals surface area contributed by atoms with Crippen LogP contribution in [0.25, 0.3) is 11.5 Å². The van der Waals surface area contributed by atoms with Crippen LogP contribution in [0.2, 0.25) is 0 Å². The van der Waals surface area contributed by atoms with Gasteiger partial charge in [0.25, 0.3) is 5.89 Å². The molecular weight excluding hydrogens is 514 g/mol. The van der Waals surface area contributed by atoms with Gasteiger partial charge in [0, 0.05) is 30.8 Å². The fourth-order valence-electron chi connectivity index (χ4n) is 3.96. The zero-order valence-corrected chi connectivity index (χ0v) is 21.8. The fraction of sp³-hybridized carbons (Fsp3) is 0.391. The summed E-state index contributed by atoms with van der Waals surface area (Å²) in [5, 5.41) is 7.91. The zero-order chi connectivity index (χ0) is 26.6. The van der Waals surface area contributed by atoms with Crippen molar-refractivity contribution in [3.8, 4) is 11.5 Å². The maximum atomic E-state index is 15.2. The highest BCUT2D eigenvalue weighted by Gasteiger charge is 2.33. The highest BCUT2D eigenvalue weighted by Crippen LogP contribution is 2.37. The summed E-state index contributed by atoms with van der Waals surface area (Å²) in [7, 11) is -7.72. The minimum Gasteiger partial charge on any atom is -0.420 e. The first-order valence-corrected chi connectivity index (χ1v) is 14.5. The molecule has 0 spiro atoms. The normalized spacial score (nSPS) is 18.1. The molecule has 2 heterocycles. The number of hydrogen-bond donors (Lipinski definition) is 1. The number of nitrogens with zero attached hydrogens (tertiary/aromatic N) is 3. The van der Waals surface area contributed by atoms with Gasteiger partial charge in [0.1, 0.15) is 16.5 Å². The van der Waals surface area contributed by atoms with E-state index in [2.05, 4.69) is 10.2 Å². The Bertz CT molecular complexity index is 1550. The van der Waals surface area contributed by atoms with Crippen LogP contribution in [-0.2, 0) is 31.6 Å². The molecule has 0 radical (unpaired) electrons.